The van der Waals surface area contributed by atoms with Gasteiger partial charge in [-0.05, 0) is 99.7 Å². The first-order valence-electron chi connectivity index (χ1n) is 11.8. The minimum absolute atomic E-state index is 0.0169. The SMILES string of the molecule is C[C@]12CC[C@@H](OC3CCCCO3)C[C@@H]1CC[C@@H]1[C@@H]2CC[C@]2(C)C(=O)CC[C@@H]12. The van der Waals surface area contributed by atoms with Gasteiger partial charge in [0.2, 0.25) is 0 Å². The molecule has 4 aliphatic carbocycles. The molecule has 0 aromatic heterocycles. The van der Waals surface area contributed by atoms with E-state index in [4.69, 9.17) is 9.47 Å². The molecule has 1 saturated heterocycles. The van der Waals surface area contributed by atoms with E-state index in [-0.39, 0.29) is 11.7 Å². The number of carbonyl (C=O) groups is 1. The molecule has 0 aromatic carbocycles. The molecule has 3 heteroatoms. The summed E-state index contributed by atoms with van der Waals surface area (Å²) in [5.41, 5.74) is 0.492. The van der Waals surface area contributed by atoms with Gasteiger partial charge in [-0.1, -0.05) is 13.8 Å². The lowest BCUT2D eigenvalue weighted by Crippen LogP contribution is -2.54. The van der Waals surface area contributed by atoms with Crippen LogP contribution in [0.1, 0.15) is 90.9 Å². The van der Waals surface area contributed by atoms with Crippen molar-refractivity contribution in [2.45, 2.75) is 103 Å². The molecule has 0 spiro atoms. The van der Waals surface area contributed by atoms with Crippen LogP contribution in [-0.2, 0) is 14.3 Å². The normalized spacial score (nSPS) is 52.7. The third-order valence-corrected chi connectivity index (χ3v) is 9.81. The number of ketones is 1. The fraction of sp³-hybridized carbons (Fsp3) is 0.958. The van der Waals surface area contributed by atoms with E-state index in [0.29, 0.717) is 23.2 Å². The molecule has 0 aromatic rings. The van der Waals surface area contributed by atoms with E-state index in [9.17, 15) is 4.79 Å². The first-order valence-corrected chi connectivity index (χ1v) is 11.8. The van der Waals surface area contributed by atoms with Gasteiger partial charge in [0, 0.05) is 18.4 Å². The summed E-state index contributed by atoms with van der Waals surface area (Å²) >= 11 is 0. The van der Waals surface area contributed by atoms with Gasteiger partial charge in [0.15, 0.2) is 6.29 Å². The van der Waals surface area contributed by atoms with Gasteiger partial charge in [0.25, 0.3) is 0 Å². The van der Waals surface area contributed by atoms with E-state index >= 15 is 0 Å². The van der Waals surface area contributed by atoms with Crippen LogP contribution in [0, 0.1) is 34.5 Å². The van der Waals surface area contributed by atoms with Crippen molar-refractivity contribution in [1.82, 2.24) is 0 Å². The Morgan fingerprint density at radius 1 is 0.963 bits per heavy atom. The van der Waals surface area contributed by atoms with Crippen molar-refractivity contribution in [3.05, 3.63) is 0 Å². The molecule has 1 heterocycles. The molecule has 27 heavy (non-hydrogen) atoms. The van der Waals surface area contributed by atoms with Crippen LogP contribution in [0.25, 0.3) is 0 Å². The van der Waals surface area contributed by atoms with Gasteiger partial charge in [0.1, 0.15) is 5.78 Å². The maximum Gasteiger partial charge on any atom is 0.157 e. The number of hydrogen-bond donors (Lipinski definition) is 0. The smallest absolute Gasteiger partial charge is 0.157 e. The van der Waals surface area contributed by atoms with Crippen molar-refractivity contribution in [1.29, 1.82) is 0 Å². The van der Waals surface area contributed by atoms with E-state index in [1.807, 2.05) is 0 Å². The minimum atomic E-state index is 0.0169. The maximum absolute atomic E-state index is 12.6. The summed E-state index contributed by atoms with van der Waals surface area (Å²) < 4.78 is 12.2. The molecule has 0 amide bonds. The fourth-order valence-corrected chi connectivity index (χ4v) is 8.15. The second-order valence-corrected chi connectivity index (χ2v) is 10.9. The van der Waals surface area contributed by atoms with Crippen LogP contribution in [0.2, 0.25) is 0 Å². The maximum atomic E-state index is 12.6. The van der Waals surface area contributed by atoms with Crippen LogP contribution in [0.3, 0.4) is 0 Å². The summed E-state index contributed by atoms with van der Waals surface area (Å²) in [4.78, 5) is 12.6. The number of ether oxygens (including phenoxy) is 2. The Morgan fingerprint density at radius 3 is 2.67 bits per heavy atom. The number of Topliss-reactive ketones (excluding diaryl/α,β-unsaturated/α-hetero) is 1. The Morgan fingerprint density at radius 2 is 1.85 bits per heavy atom. The van der Waals surface area contributed by atoms with Gasteiger partial charge in [-0.2, -0.15) is 0 Å². The Balaban J connectivity index is 1.28. The first-order chi connectivity index (χ1) is 13.0. The van der Waals surface area contributed by atoms with Crippen molar-refractivity contribution < 1.29 is 14.3 Å². The van der Waals surface area contributed by atoms with Crippen LogP contribution in [-0.4, -0.2) is 24.8 Å². The van der Waals surface area contributed by atoms with Gasteiger partial charge in [0.05, 0.1) is 6.10 Å². The lowest BCUT2D eigenvalue weighted by atomic mass is 9.45. The summed E-state index contributed by atoms with van der Waals surface area (Å²) in [5.74, 6) is 3.69. The van der Waals surface area contributed by atoms with Crippen molar-refractivity contribution in [2.24, 2.45) is 34.5 Å². The number of fused-ring (bicyclic) bond motifs is 5. The fourth-order valence-electron chi connectivity index (χ4n) is 8.15. The highest BCUT2D eigenvalue weighted by molar-refractivity contribution is 5.87. The van der Waals surface area contributed by atoms with Gasteiger partial charge >= 0.3 is 0 Å². The third-order valence-electron chi connectivity index (χ3n) is 9.81. The highest BCUT2D eigenvalue weighted by Crippen LogP contribution is 2.65. The predicted octanol–water partition coefficient (Wildman–Crippen LogP) is 5.51. The predicted molar refractivity (Wildman–Crippen MR) is 105 cm³/mol. The molecular formula is C24H38O3. The zero-order valence-electron chi connectivity index (χ0n) is 17.4. The molecule has 3 nitrogen and oxygen atoms in total. The standard InChI is InChI=1S/C24H38O3/c1-23-12-10-17(27-22-5-3-4-14-26-22)15-16(23)6-7-18-19-8-9-21(25)24(19,2)13-11-20(18)23/h16-20,22H,3-15H2,1-2H3/t16-,17+,18-,19-,20-,22?,23-,24-/m0/s1. The van der Waals surface area contributed by atoms with Gasteiger partial charge < -0.3 is 9.47 Å². The molecule has 1 aliphatic heterocycles. The Kier molecular flexibility index (Phi) is 4.71. The molecule has 5 fully saturated rings. The van der Waals surface area contributed by atoms with E-state index in [1.54, 1.807) is 0 Å². The molecule has 0 bridgehead atoms. The molecule has 5 aliphatic rings. The molecule has 0 N–H and O–H groups in total. The Hall–Kier alpha value is -0.410. The number of hydrogen-bond acceptors (Lipinski definition) is 3. The Bertz CT molecular complexity index is 582. The monoisotopic (exact) mass is 374 g/mol. The average molecular weight is 375 g/mol. The lowest BCUT2D eigenvalue weighted by Gasteiger charge is -2.60. The zero-order chi connectivity index (χ0) is 18.6. The summed E-state index contributed by atoms with van der Waals surface area (Å²) in [6.45, 7) is 5.77. The molecule has 4 saturated carbocycles. The van der Waals surface area contributed by atoms with Gasteiger partial charge in [-0.25, -0.2) is 0 Å². The summed E-state index contributed by atoms with van der Waals surface area (Å²) in [6, 6.07) is 0. The van der Waals surface area contributed by atoms with E-state index in [0.717, 1.165) is 43.6 Å². The van der Waals surface area contributed by atoms with Crippen molar-refractivity contribution in [3.8, 4) is 0 Å². The van der Waals surface area contributed by atoms with Crippen molar-refractivity contribution in [3.63, 3.8) is 0 Å². The molecule has 8 atom stereocenters. The van der Waals surface area contributed by atoms with Crippen LogP contribution in [0.15, 0.2) is 0 Å². The van der Waals surface area contributed by atoms with E-state index in [2.05, 4.69) is 13.8 Å². The minimum Gasteiger partial charge on any atom is -0.353 e. The van der Waals surface area contributed by atoms with E-state index < -0.39 is 0 Å². The molecule has 1 unspecified atom stereocenters. The van der Waals surface area contributed by atoms with E-state index in [1.165, 1.54) is 57.8 Å². The van der Waals surface area contributed by atoms with Crippen molar-refractivity contribution in [2.75, 3.05) is 6.61 Å². The number of carbonyl (C=O) groups excluding carboxylic acids is 1. The molecular weight excluding hydrogens is 336 g/mol. The van der Waals surface area contributed by atoms with Gasteiger partial charge in [-0.3, -0.25) is 4.79 Å². The topological polar surface area (TPSA) is 35.5 Å². The zero-order valence-corrected chi connectivity index (χ0v) is 17.4. The Labute approximate surface area is 164 Å². The highest BCUT2D eigenvalue weighted by atomic mass is 16.7. The van der Waals surface area contributed by atoms with Gasteiger partial charge in [-0.15, -0.1) is 0 Å². The van der Waals surface area contributed by atoms with Crippen molar-refractivity contribution >= 4 is 5.78 Å². The molecule has 0 radical (unpaired) electrons. The quantitative estimate of drug-likeness (QED) is 0.598. The summed E-state index contributed by atoms with van der Waals surface area (Å²) in [5, 5.41) is 0. The average Bonchev–Trinajstić information content (AvgIpc) is 2.98. The third kappa shape index (κ3) is 2.94. The second kappa shape index (κ2) is 6.83. The lowest BCUT2D eigenvalue weighted by molar-refractivity contribution is -0.211. The summed E-state index contributed by atoms with van der Waals surface area (Å²) in [7, 11) is 0. The molecule has 5 rings (SSSR count). The second-order valence-electron chi connectivity index (χ2n) is 10.9. The van der Waals surface area contributed by atoms with Crippen LogP contribution in [0.5, 0.6) is 0 Å². The largest absolute Gasteiger partial charge is 0.353 e. The molecule has 152 valence electrons. The highest BCUT2D eigenvalue weighted by Gasteiger charge is 2.60. The summed E-state index contributed by atoms with van der Waals surface area (Å²) in [6.07, 6.45) is 14.9. The first kappa shape index (κ1) is 18.6. The van der Waals surface area contributed by atoms with Crippen LogP contribution in [0.4, 0.5) is 0 Å². The number of rotatable bonds is 2. The van der Waals surface area contributed by atoms with Crippen LogP contribution >= 0.6 is 0 Å². The van der Waals surface area contributed by atoms with Crippen LogP contribution < -0.4 is 0 Å².